The molecule has 0 spiro atoms. The molecule has 0 bridgehead atoms. The van der Waals surface area contributed by atoms with Crippen molar-refractivity contribution < 1.29 is 17.9 Å². The second kappa shape index (κ2) is 6.47. The van der Waals surface area contributed by atoms with Crippen LogP contribution in [0.1, 0.15) is 44.0 Å². The summed E-state index contributed by atoms with van der Waals surface area (Å²) in [5.41, 5.74) is 1.02. The molecule has 2 aromatic rings. The molecule has 6 heteroatoms. The van der Waals surface area contributed by atoms with Crippen LogP contribution in [0.2, 0.25) is 0 Å². The van der Waals surface area contributed by atoms with Crippen LogP contribution in [-0.2, 0) is 15.4 Å². The minimum atomic E-state index is -3.67. The highest BCUT2D eigenvalue weighted by Gasteiger charge is 2.20. The number of aliphatic hydroxyl groups excluding tert-OH is 1. The van der Waals surface area contributed by atoms with Crippen molar-refractivity contribution in [2.75, 3.05) is 6.54 Å². The molecule has 5 nitrogen and oxygen atoms in total. The van der Waals surface area contributed by atoms with Gasteiger partial charge in [-0.3, -0.25) is 0 Å². The van der Waals surface area contributed by atoms with Crippen LogP contribution >= 0.6 is 0 Å². The van der Waals surface area contributed by atoms with Crippen molar-refractivity contribution in [2.45, 2.75) is 44.1 Å². The summed E-state index contributed by atoms with van der Waals surface area (Å²) in [6.45, 7) is 7.82. The predicted molar refractivity (Wildman–Crippen MR) is 88.7 cm³/mol. The zero-order valence-electron chi connectivity index (χ0n) is 13.8. The van der Waals surface area contributed by atoms with Gasteiger partial charge in [0.2, 0.25) is 10.0 Å². The molecular weight excluding hydrogens is 314 g/mol. The summed E-state index contributed by atoms with van der Waals surface area (Å²) >= 11 is 0. The number of rotatable bonds is 5. The van der Waals surface area contributed by atoms with Gasteiger partial charge in [0.25, 0.3) is 0 Å². The van der Waals surface area contributed by atoms with E-state index in [4.69, 9.17) is 4.42 Å². The summed E-state index contributed by atoms with van der Waals surface area (Å²) in [5.74, 6) is 1.01. The van der Waals surface area contributed by atoms with Gasteiger partial charge in [-0.05, 0) is 42.2 Å². The van der Waals surface area contributed by atoms with Gasteiger partial charge in [0.1, 0.15) is 17.6 Å². The van der Waals surface area contributed by atoms with Gasteiger partial charge < -0.3 is 9.52 Å². The third-order valence-corrected chi connectivity index (χ3v) is 5.03. The zero-order chi connectivity index (χ0) is 17.3. The van der Waals surface area contributed by atoms with Crippen LogP contribution < -0.4 is 4.72 Å². The van der Waals surface area contributed by atoms with E-state index >= 15 is 0 Å². The summed E-state index contributed by atoms with van der Waals surface area (Å²) < 4.78 is 32.3. The Labute approximate surface area is 137 Å². The van der Waals surface area contributed by atoms with Gasteiger partial charge in [0.15, 0.2) is 0 Å². The molecule has 1 aromatic carbocycles. The van der Waals surface area contributed by atoms with Crippen LogP contribution in [0.5, 0.6) is 0 Å². The Morgan fingerprint density at radius 2 is 1.74 bits per heavy atom. The summed E-state index contributed by atoms with van der Waals surface area (Å²) in [6, 6.07) is 10.1. The Morgan fingerprint density at radius 1 is 1.13 bits per heavy atom. The van der Waals surface area contributed by atoms with E-state index in [2.05, 4.69) is 25.5 Å². The molecule has 23 heavy (non-hydrogen) atoms. The van der Waals surface area contributed by atoms with E-state index < -0.39 is 16.1 Å². The lowest BCUT2D eigenvalue weighted by Gasteiger charge is -2.19. The largest absolute Gasteiger partial charge is 0.464 e. The molecule has 1 heterocycles. The Kier molecular flexibility index (Phi) is 4.98. The summed E-state index contributed by atoms with van der Waals surface area (Å²) in [5, 5.41) is 9.97. The van der Waals surface area contributed by atoms with Crippen molar-refractivity contribution in [3.05, 3.63) is 53.5 Å². The van der Waals surface area contributed by atoms with Gasteiger partial charge >= 0.3 is 0 Å². The van der Waals surface area contributed by atoms with E-state index in [0.29, 0.717) is 11.5 Å². The molecule has 1 aromatic heterocycles. The third kappa shape index (κ3) is 4.43. The molecule has 0 aliphatic rings. The zero-order valence-corrected chi connectivity index (χ0v) is 14.6. The quantitative estimate of drug-likeness (QED) is 0.879. The maximum atomic E-state index is 12.3. The van der Waals surface area contributed by atoms with Crippen LogP contribution in [-0.4, -0.2) is 20.1 Å². The van der Waals surface area contributed by atoms with Crippen molar-refractivity contribution in [3.63, 3.8) is 0 Å². The molecule has 126 valence electrons. The van der Waals surface area contributed by atoms with E-state index in [1.165, 1.54) is 0 Å². The molecular formula is C17H23NO4S. The van der Waals surface area contributed by atoms with Crippen molar-refractivity contribution in [3.8, 4) is 0 Å². The number of hydrogen-bond acceptors (Lipinski definition) is 4. The van der Waals surface area contributed by atoms with E-state index in [0.717, 1.165) is 5.56 Å². The number of benzene rings is 1. The second-order valence-corrected chi connectivity index (χ2v) is 8.36. The van der Waals surface area contributed by atoms with Crippen LogP contribution in [0, 0.1) is 6.92 Å². The van der Waals surface area contributed by atoms with Gasteiger partial charge in [0.05, 0.1) is 4.90 Å². The predicted octanol–water partition coefficient (Wildman–Crippen LogP) is 2.90. The number of nitrogens with one attached hydrogen (secondary N) is 1. The van der Waals surface area contributed by atoms with Crippen LogP contribution in [0.4, 0.5) is 0 Å². The van der Waals surface area contributed by atoms with E-state index in [1.54, 1.807) is 43.3 Å². The molecule has 0 saturated carbocycles. The summed E-state index contributed by atoms with van der Waals surface area (Å²) in [7, 11) is -3.67. The lowest BCUT2D eigenvalue weighted by molar-refractivity contribution is 0.152. The minimum absolute atomic E-state index is 0.0386. The average molecular weight is 337 g/mol. The van der Waals surface area contributed by atoms with E-state index in [-0.39, 0.29) is 16.9 Å². The van der Waals surface area contributed by atoms with Crippen molar-refractivity contribution >= 4 is 10.0 Å². The fraction of sp³-hybridized carbons (Fsp3) is 0.412. The molecule has 0 radical (unpaired) electrons. The first-order valence-corrected chi connectivity index (χ1v) is 8.92. The normalized spacial score (nSPS) is 14.0. The molecule has 1 atom stereocenters. The van der Waals surface area contributed by atoms with Gasteiger partial charge in [-0.2, -0.15) is 0 Å². The summed E-state index contributed by atoms with van der Waals surface area (Å²) in [6.07, 6.45) is -1.02. The number of sulfonamides is 1. The Morgan fingerprint density at radius 3 is 2.22 bits per heavy atom. The van der Waals surface area contributed by atoms with Crippen LogP contribution in [0.15, 0.2) is 45.7 Å². The van der Waals surface area contributed by atoms with Gasteiger partial charge in [-0.15, -0.1) is 0 Å². The van der Waals surface area contributed by atoms with Crippen molar-refractivity contribution in [1.82, 2.24) is 4.72 Å². The Bertz CT molecular complexity index is 755. The van der Waals surface area contributed by atoms with Crippen LogP contribution in [0.3, 0.4) is 0 Å². The maximum absolute atomic E-state index is 12.3. The summed E-state index contributed by atoms with van der Waals surface area (Å²) in [4.78, 5) is 0.174. The van der Waals surface area contributed by atoms with Crippen LogP contribution in [0.25, 0.3) is 0 Å². The molecule has 0 aliphatic heterocycles. The molecule has 1 unspecified atom stereocenters. The van der Waals surface area contributed by atoms with E-state index in [9.17, 15) is 13.5 Å². The lowest BCUT2D eigenvalue weighted by Crippen LogP contribution is -2.28. The maximum Gasteiger partial charge on any atom is 0.240 e. The monoisotopic (exact) mass is 337 g/mol. The fourth-order valence-electron chi connectivity index (χ4n) is 2.14. The first-order chi connectivity index (χ1) is 10.6. The van der Waals surface area contributed by atoms with Gasteiger partial charge in [-0.1, -0.05) is 32.9 Å². The van der Waals surface area contributed by atoms with E-state index in [1.807, 2.05) is 0 Å². The fourth-order valence-corrected chi connectivity index (χ4v) is 3.18. The average Bonchev–Trinajstić information content (AvgIpc) is 2.91. The first kappa shape index (κ1) is 17.7. The SMILES string of the molecule is Cc1ccc(C(O)CNS(=O)(=O)c2ccc(C(C)(C)C)cc2)o1. The highest BCUT2D eigenvalue weighted by atomic mass is 32.2. The molecule has 2 rings (SSSR count). The number of aliphatic hydroxyl groups is 1. The molecule has 2 N–H and O–H groups in total. The number of aryl methyl sites for hydroxylation is 1. The molecule has 0 aliphatic carbocycles. The van der Waals surface area contributed by atoms with Crippen molar-refractivity contribution in [2.24, 2.45) is 0 Å². The molecule has 0 amide bonds. The van der Waals surface area contributed by atoms with Gasteiger partial charge in [-0.25, -0.2) is 13.1 Å². The highest BCUT2D eigenvalue weighted by Crippen LogP contribution is 2.23. The number of furan rings is 1. The van der Waals surface area contributed by atoms with Crippen molar-refractivity contribution in [1.29, 1.82) is 0 Å². The second-order valence-electron chi connectivity index (χ2n) is 6.59. The number of hydrogen-bond donors (Lipinski definition) is 2. The van der Waals surface area contributed by atoms with Gasteiger partial charge in [0, 0.05) is 6.54 Å². The first-order valence-electron chi connectivity index (χ1n) is 7.44. The minimum Gasteiger partial charge on any atom is -0.464 e. The third-order valence-electron chi connectivity index (χ3n) is 3.59. The topological polar surface area (TPSA) is 79.5 Å². The Hall–Kier alpha value is -1.63. The molecule has 0 fully saturated rings. The standard InChI is InChI=1S/C17H23NO4S/c1-12-5-10-16(22-12)15(19)11-18-23(20,21)14-8-6-13(7-9-14)17(2,3)4/h5-10,15,18-19H,11H2,1-4H3. The smallest absolute Gasteiger partial charge is 0.240 e. The lowest BCUT2D eigenvalue weighted by atomic mass is 9.87. The Balaban J connectivity index is 2.07. The highest BCUT2D eigenvalue weighted by molar-refractivity contribution is 7.89. The molecule has 0 saturated heterocycles.